The zero-order valence-corrected chi connectivity index (χ0v) is 15.9. The summed E-state index contributed by atoms with van der Waals surface area (Å²) >= 11 is 0. The number of rotatable bonds is 3. The van der Waals surface area contributed by atoms with E-state index in [0.717, 1.165) is 11.1 Å². The summed E-state index contributed by atoms with van der Waals surface area (Å²) in [6.07, 6.45) is 5.53. The van der Waals surface area contributed by atoms with E-state index in [1.807, 2.05) is 104 Å². The van der Waals surface area contributed by atoms with E-state index in [1.165, 1.54) is 0 Å². The molecule has 1 aromatic carbocycles. The van der Waals surface area contributed by atoms with Gasteiger partial charge in [-0.15, -0.1) is 13.2 Å². The number of ketones is 1. The second-order valence-electron chi connectivity index (χ2n) is 2.94. The van der Waals surface area contributed by atoms with Crippen molar-refractivity contribution >= 4 is 5.78 Å². The summed E-state index contributed by atoms with van der Waals surface area (Å²) in [6, 6.07) is 9.30. The number of allylic oxidation sites excluding steroid dienone is 4. The molecule has 0 fully saturated rings. The highest BCUT2D eigenvalue weighted by atomic mass is 16.1. The second kappa shape index (κ2) is 27.5. The first-order valence-corrected chi connectivity index (χ1v) is 8.18. The molecule has 0 aliphatic carbocycles. The Kier molecular flexibility index (Phi) is 35.3. The molecule has 1 heteroatoms. The quantitative estimate of drug-likeness (QED) is 0.248. The van der Waals surface area contributed by atoms with Crippen molar-refractivity contribution in [2.24, 2.45) is 0 Å². The molecule has 0 saturated carbocycles. The molecule has 1 nitrogen and oxygen atoms in total. The third-order valence-corrected chi connectivity index (χ3v) is 1.96. The molecule has 1 rings (SSSR count). The van der Waals surface area contributed by atoms with Crippen LogP contribution in [0.25, 0.3) is 0 Å². The van der Waals surface area contributed by atoms with Crippen molar-refractivity contribution in [3.8, 4) is 0 Å². The first-order valence-electron chi connectivity index (χ1n) is 8.18. The second-order valence-corrected chi connectivity index (χ2v) is 2.94. The van der Waals surface area contributed by atoms with Crippen LogP contribution < -0.4 is 0 Å². The van der Waals surface area contributed by atoms with Crippen molar-refractivity contribution in [3.63, 3.8) is 0 Å². The molecule has 0 aromatic heterocycles. The Labute approximate surface area is 139 Å². The van der Waals surface area contributed by atoms with E-state index in [2.05, 4.69) is 13.2 Å². The fourth-order valence-electron chi connectivity index (χ4n) is 1.24. The van der Waals surface area contributed by atoms with Crippen molar-refractivity contribution in [1.82, 2.24) is 0 Å². The molecular weight excluding hydrogens is 268 g/mol. The third-order valence-electron chi connectivity index (χ3n) is 1.96. The van der Waals surface area contributed by atoms with Gasteiger partial charge in [0.05, 0.1) is 0 Å². The molecule has 0 radical (unpaired) electrons. The van der Waals surface area contributed by atoms with E-state index >= 15 is 0 Å². The van der Waals surface area contributed by atoms with Crippen LogP contribution in [0.2, 0.25) is 0 Å². The Morgan fingerprint density at radius 2 is 1.27 bits per heavy atom. The number of carbonyl (C=O) groups excluding carboxylic acids is 1. The number of hydrogen-bond acceptors (Lipinski definition) is 1. The topological polar surface area (TPSA) is 17.1 Å². The minimum absolute atomic E-state index is 0.0752. The lowest BCUT2D eigenvalue weighted by Gasteiger charge is -2.00. The summed E-state index contributed by atoms with van der Waals surface area (Å²) in [4.78, 5) is 11.8. The Bertz CT molecular complexity index is 372. The minimum Gasteiger partial charge on any atom is -0.289 e. The summed E-state index contributed by atoms with van der Waals surface area (Å²) in [5, 5.41) is 0. The Morgan fingerprint density at radius 1 is 0.864 bits per heavy atom. The van der Waals surface area contributed by atoms with Gasteiger partial charge < -0.3 is 0 Å². The predicted molar refractivity (Wildman–Crippen MR) is 105 cm³/mol. The highest BCUT2D eigenvalue weighted by molar-refractivity contribution is 6.10. The first-order chi connectivity index (χ1) is 10.8. The Balaban J connectivity index is -0.000000175. The monoisotopic (exact) mass is 304 g/mol. The van der Waals surface area contributed by atoms with E-state index in [1.54, 1.807) is 0 Å². The molecule has 0 bridgehead atoms. The molecule has 0 unspecified atom stereocenters. The Hall–Kier alpha value is -1.89. The molecule has 0 saturated heterocycles. The normalized spacial score (nSPS) is 8.64. The summed E-state index contributed by atoms with van der Waals surface area (Å²) in [7, 11) is 0. The summed E-state index contributed by atoms with van der Waals surface area (Å²) in [6.45, 7) is 21.8. The SMILES string of the molecule is C/C=C\C(=C/C)C(=O)c1ccccc1.C=C.CC.CC.CC. The van der Waals surface area contributed by atoms with Gasteiger partial charge in [-0.05, 0) is 13.8 Å². The summed E-state index contributed by atoms with van der Waals surface area (Å²) in [5.74, 6) is 0.0752. The Morgan fingerprint density at radius 3 is 1.59 bits per heavy atom. The van der Waals surface area contributed by atoms with Gasteiger partial charge in [0, 0.05) is 11.1 Å². The predicted octanol–water partition coefficient (Wildman–Crippen LogP) is 7.27. The molecule has 126 valence electrons. The van der Waals surface area contributed by atoms with Crippen LogP contribution in [-0.2, 0) is 0 Å². The maximum Gasteiger partial charge on any atom is 0.192 e. The van der Waals surface area contributed by atoms with Gasteiger partial charge in [-0.1, -0.05) is 90.1 Å². The lowest BCUT2D eigenvalue weighted by molar-refractivity contribution is 0.103. The van der Waals surface area contributed by atoms with Crippen molar-refractivity contribution in [3.05, 3.63) is 72.9 Å². The molecule has 0 aliphatic rings. The van der Waals surface area contributed by atoms with Crippen molar-refractivity contribution < 1.29 is 4.79 Å². The van der Waals surface area contributed by atoms with Crippen LogP contribution in [0.1, 0.15) is 65.7 Å². The van der Waals surface area contributed by atoms with Crippen molar-refractivity contribution in [2.75, 3.05) is 0 Å². The van der Waals surface area contributed by atoms with Crippen LogP contribution >= 0.6 is 0 Å². The molecule has 22 heavy (non-hydrogen) atoms. The fourth-order valence-corrected chi connectivity index (χ4v) is 1.24. The van der Waals surface area contributed by atoms with E-state index in [-0.39, 0.29) is 5.78 Å². The molecular formula is C21H36O. The number of Topliss-reactive ketones (excluding diaryl/α,β-unsaturated/α-hetero) is 1. The minimum atomic E-state index is 0.0752. The zero-order valence-electron chi connectivity index (χ0n) is 15.9. The first kappa shape index (κ1) is 28.3. The largest absolute Gasteiger partial charge is 0.289 e. The van der Waals surface area contributed by atoms with E-state index < -0.39 is 0 Å². The molecule has 1 aromatic rings. The molecule has 0 amide bonds. The molecule has 0 atom stereocenters. The molecule has 0 spiro atoms. The highest BCUT2D eigenvalue weighted by Gasteiger charge is 2.06. The van der Waals surface area contributed by atoms with Gasteiger partial charge in [-0.2, -0.15) is 0 Å². The lowest BCUT2D eigenvalue weighted by atomic mass is 10.0. The third kappa shape index (κ3) is 14.5. The number of benzene rings is 1. The van der Waals surface area contributed by atoms with Gasteiger partial charge in [0.25, 0.3) is 0 Å². The molecule has 0 heterocycles. The van der Waals surface area contributed by atoms with Gasteiger partial charge in [0.2, 0.25) is 0 Å². The van der Waals surface area contributed by atoms with Crippen LogP contribution in [0, 0.1) is 0 Å². The van der Waals surface area contributed by atoms with Crippen LogP contribution in [-0.4, -0.2) is 5.78 Å². The fraction of sp³-hybridized carbons (Fsp3) is 0.381. The standard InChI is InChI=1S/C13H14O.3C2H6.C2H4/c1-3-8-11(4-2)13(14)12-9-6-5-7-10-12;4*1-2/h3-10H,1-2H3;3*1-2H3;1-2H2/b8-3-,11-4+;;;;. The highest BCUT2D eigenvalue weighted by Crippen LogP contribution is 2.09. The van der Waals surface area contributed by atoms with Gasteiger partial charge in [-0.25, -0.2) is 0 Å². The van der Waals surface area contributed by atoms with Crippen LogP contribution in [0.3, 0.4) is 0 Å². The van der Waals surface area contributed by atoms with Gasteiger partial charge >= 0.3 is 0 Å². The summed E-state index contributed by atoms with van der Waals surface area (Å²) in [5.41, 5.74) is 1.47. The van der Waals surface area contributed by atoms with E-state index in [0.29, 0.717) is 0 Å². The maximum atomic E-state index is 11.8. The number of carbonyl (C=O) groups is 1. The van der Waals surface area contributed by atoms with Gasteiger partial charge in [-0.3, -0.25) is 4.79 Å². The number of hydrogen-bond donors (Lipinski definition) is 0. The van der Waals surface area contributed by atoms with Crippen molar-refractivity contribution in [1.29, 1.82) is 0 Å². The van der Waals surface area contributed by atoms with Crippen LogP contribution in [0.4, 0.5) is 0 Å². The molecule has 0 aliphatic heterocycles. The average Bonchev–Trinajstić information content (AvgIpc) is 2.66. The molecule has 0 N–H and O–H groups in total. The van der Waals surface area contributed by atoms with Gasteiger partial charge in [0.1, 0.15) is 0 Å². The van der Waals surface area contributed by atoms with E-state index in [9.17, 15) is 4.79 Å². The smallest absolute Gasteiger partial charge is 0.192 e. The van der Waals surface area contributed by atoms with Crippen LogP contribution in [0.15, 0.2) is 67.3 Å². The lowest BCUT2D eigenvalue weighted by Crippen LogP contribution is -2.00. The maximum absolute atomic E-state index is 11.8. The zero-order chi connectivity index (χ0) is 18.4. The van der Waals surface area contributed by atoms with Crippen molar-refractivity contribution in [2.45, 2.75) is 55.4 Å². The average molecular weight is 305 g/mol. The van der Waals surface area contributed by atoms with Gasteiger partial charge in [0.15, 0.2) is 5.78 Å². The van der Waals surface area contributed by atoms with Crippen LogP contribution in [0.5, 0.6) is 0 Å². The summed E-state index contributed by atoms with van der Waals surface area (Å²) < 4.78 is 0. The van der Waals surface area contributed by atoms with E-state index in [4.69, 9.17) is 0 Å².